The van der Waals surface area contributed by atoms with Gasteiger partial charge in [-0.05, 0) is 31.0 Å². The van der Waals surface area contributed by atoms with E-state index in [0.29, 0.717) is 12.8 Å². The Labute approximate surface area is 141 Å². The van der Waals surface area contributed by atoms with Crippen molar-refractivity contribution in [3.63, 3.8) is 0 Å². The van der Waals surface area contributed by atoms with Crippen molar-refractivity contribution in [3.8, 4) is 5.75 Å². The first-order valence-electron chi connectivity index (χ1n) is 7.59. The standard InChI is InChI=1S/C14H19FN2O5S2/c1-22-13-5-2-11(15)10-14(13)24(20,21)17-8-6-16(7-9-17)23(18,19)12-3-4-12/h2,5,10,12H,3-4,6-9H2,1H3. The molecule has 3 rings (SSSR count). The third-order valence-electron chi connectivity index (χ3n) is 4.25. The highest BCUT2D eigenvalue weighted by Gasteiger charge is 2.42. The van der Waals surface area contributed by atoms with Gasteiger partial charge in [-0.15, -0.1) is 0 Å². The highest BCUT2D eigenvalue weighted by molar-refractivity contribution is 7.90. The molecule has 1 saturated heterocycles. The molecular weight excluding hydrogens is 359 g/mol. The number of piperazine rings is 1. The number of sulfonamides is 2. The molecule has 0 amide bonds. The minimum absolute atomic E-state index is 0.0357. The van der Waals surface area contributed by atoms with E-state index in [1.165, 1.54) is 21.8 Å². The summed E-state index contributed by atoms with van der Waals surface area (Å²) >= 11 is 0. The molecule has 1 heterocycles. The monoisotopic (exact) mass is 378 g/mol. The van der Waals surface area contributed by atoms with Gasteiger partial charge in [0, 0.05) is 26.2 Å². The molecule has 1 saturated carbocycles. The Morgan fingerprint density at radius 1 is 1.04 bits per heavy atom. The van der Waals surface area contributed by atoms with E-state index in [-0.39, 0.29) is 42.1 Å². The highest BCUT2D eigenvalue weighted by Crippen LogP contribution is 2.32. The Bertz CT molecular complexity index is 829. The van der Waals surface area contributed by atoms with Gasteiger partial charge < -0.3 is 4.74 Å². The summed E-state index contributed by atoms with van der Waals surface area (Å²) in [7, 11) is -5.96. The van der Waals surface area contributed by atoms with Crippen LogP contribution in [0.3, 0.4) is 0 Å². The second-order valence-electron chi connectivity index (χ2n) is 5.84. The Kier molecular flexibility index (Phi) is 4.58. The molecule has 1 aromatic carbocycles. The molecule has 1 aromatic rings. The van der Waals surface area contributed by atoms with Crippen molar-refractivity contribution >= 4 is 20.0 Å². The molecule has 0 unspecified atom stereocenters. The zero-order chi connectivity index (χ0) is 17.5. The van der Waals surface area contributed by atoms with E-state index in [0.717, 1.165) is 12.1 Å². The molecule has 0 spiro atoms. The SMILES string of the molecule is COc1ccc(F)cc1S(=O)(=O)N1CCN(S(=O)(=O)C2CC2)CC1. The van der Waals surface area contributed by atoms with Crippen LogP contribution in [0.2, 0.25) is 0 Å². The summed E-state index contributed by atoms with van der Waals surface area (Å²) in [5.74, 6) is -0.617. The zero-order valence-corrected chi connectivity index (χ0v) is 14.8. The van der Waals surface area contributed by atoms with E-state index < -0.39 is 25.9 Å². The number of benzene rings is 1. The summed E-state index contributed by atoms with van der Waals surface area (Å²) in [4.78, 5) is -0.247. The molecule has 10 heteroatoms. The Balaban J connectivity index is 1.79. The number of ether oxygens (including phenoxy) is 1. The number of methoxy groups -OCH3 is 1. The molecule has 0 N–H and O–H groups in total. The predicted molar refractivity (Wildman–Crippen MR) is 85.2 cm³/mol. The third-order valence-corrected chi connectivity index (χ3v) is 8.57. The first-order valence-corrected chi connectivity index (χ1v) is 10.5. The van der Waals surface area contributed by atoms with E-state index in [4.69, 9.17) is 4.74 Å². The lowest BCUT2D eigenvalue weighted by Gasteiger charge is -2.33. The molecule has 134 valence electrons. The van der Waals surface area contributed by atoms with Crippen molar-refractivity contribution < 1.29 is 26.0 Å². The molecule has 0 atom stereocenters. The zero-order valence-electron chi connectivity index (χ0n) is 13.2. The van der Waals surface area contributed by atoms with Gasteiger partial charge >= 0.3 is 0 Å². The number of nitrogens with zero attached hydrogens (tertiary/aromatic N) is 2. The van der Waals surface area contributed by atoms with Crippen molar-refractivity contribution in [1.29, 1.82) is 0 Å². The first-order chi connectivity index (χ1) is 11.3. The molecule has 24 heavy (non-hydrogen) atoms. The molecule has 1 aliphatic heterocycles. The molecule has 0 aromatic heterocycles. The van der Waals surface area contributed by atoms with Crippen LogP contribution in [0.1, 0.15) is 12.8 Å². The summed E-state index contributed by atoms with van der Waals surface area (Å²) in [6.45, 7) is 0.285. The maximum Gasteiger partial charge on any atom is 0.246 e. The number of hydrogen-bond acceptors (Lipinski definition) is 5. The Hall–Kier alpha value is -1.23. The van der Waals surface area contributed by atoms with Crippen LogP contribution in [0.15, 0.2) is 23.1 Å². The van der Waals surface area contributed by atoms with Crippen LogP contribution >= 0.6 is 0 Å². The van der Waals surface area contributed by atoms with Crippen LogP contribution < -0.4 is 4.74 Å². The average Bonchev–Trinajstić information content (AvgIpc) is 3.40. The van der Waals surface area contributed by atoms with E-state index in [1.54, 1.807) is 0 Å². The summed E-state index contributed by atoms with van der Waals surface area (Å²) < 4.78 is 70.9. The van der Waals surface area contributed by atoms with Crippen LogP contribution in [0, 0.1) is 5.82 Å². The largest absolute Gasteiger partial charge is 0.495 e. The molecule has 1 aliphatic carbocycles. The lowest BCUT2D eigenvalue weighted by atomic mass is 10.3. The Morgan fingerprint density at radius 3 is 2.17 bits per heavy atom. The maximum atomic E-state index is 13.5. The van der Waals surface area contributed by atoms with Gasteiger partial charge in [0.25, 0.3) is 0 Å². The van der Waals surface area contributed by atoms with Crippen LogP contribution in [0.25, 0.3) is 0 Å². The van der Waals surface area contributed by atoms with Gasteiger partial charge in [0.05, 0.1) is 12.4 Å². The second-order valence-corrected chi connectivity index (χ2v) is 9.96. The van der Waals surface area contributed by atoms with Crippen LogP contribution in [0.5, 0.6) is 5.75 Å². The summed E-state index contributed by atoms with van der Waals surface area (Å²) in [6, 6.07) is 3.30. The van der Waals surface area contributed by atoms with Gasteiger partial charge in [-0.1, -0.05) is 0 Å². The molecule has 2 aliphatic rings. The topological polar surface area (TPSA) is 84.0 Å². The third kappa shape index (κ3) is 3.15. The van der Waals surface area contributed by atoms with Gasteiger partial charge in [-0.25, -0.2) is 21.2 Å². The van der Waals surface area contributed by atoms with Gasteiger partial charge in [0.15, 0.2) is 0 Å². The van der Waals surface area contributed by atoms with Crippen molar-refractivity contribution in [2.75, 3.05) is 33.3 Å². The van der Waals surface area contributed by atoms with Crippen LogP contribution in [-0.2, 0) is 20.0 Å². The molecule has 0 bridgehead atoms. The fourth-order valence-corrected chi connectivity index (χ4v) is 6.15. The minimum Gasteiger partial charge on any atom is -0.495 e. The minimum atomic E-state index is -3.95. The van der Waals surface area contributed by atoms with Crippen molar-refractivity contribution in [2.45, 2.75) is 23.0 Å². The fraction of sp³-hybridized carbons (Fsp3) is 0.571. The van der Waals surface area contributed by atoms with Crippen LogP contribution in [0.4, 0.5) is 4.39 Å². The van der Waals surface area contributed by atoms with Gasteiger partial charge in [-0.2, -0.15) is 8.61 Å². The number of halogens is 1. The molecule has 0 radical (unpaired) electrons. The fourth-order valence-electron chi connectivity index (χ4n) is 2.73. The number of hydrogen-bond donors (Lipinski definition) is 0. The lowest BCUT2D eigenvalue weighted by molar-refractivity contribution is 0.271. The smallest absolute Gasteiger partial charge is 0.246 e. The van der Waals surface area contributed by atoms with Gasteiger partial charge in [-0.3, -0.25) is 0 Å². The first kappa shape index (κ1) is 17.6. The van der Waals surface area contributed by atoms with Gasteiger partial charge in [0.2, 0.25) is 20.0 Å². The van der Waals surface area contributed by atoms with Crippen molar-refractivity contribution in [1.82, 2.24) is 8.61 Å². The summed E-state index contributed by atoms with van der Waals surface area (Å²) in [5.41, 5.74) is 0. The van der Waals surface area contributed by atoms with E-state index in [2.05, 4.69) is 0 Å². The van der Waals surface area contributed by atoms with Crippen molar-refractivity contribution in [2.24, 2.45) is 0 Å². The normalized spacial score (nSPS) is 20.9. The molecule has 2 fully saturated rings. The Morgan fingerprint density at radius 2 is 1.62 bits per heavy atom. The van der Waals surface area contributed by atoms with Crippen LogP contribution in [-0.4, -0.2) is 64.0 Å². The summed E-state index contributed by atoms with van der Waals surface area (Å²) in [6.07, 6.45) is 1.34. The van der Waals surface area contributed by atoms with E-state index in [9.17, 15) is 21.2 Å². The van der Waals surface area contributed by atoms with E-state index in [1.807, 2.05) is 0 Å². The molecular formula is C14H19FN2O5S2. The van der Waals surface area contributed by atoms with Crippen molar-refractivity contribution in [3.05, 3.63) is 24.0 Å². The highest BCUT2D eigenvalue weighted by atomic mass is 32.2. The van der Waals surface area contributed by atoms with E-state index >= 15 is 0 Å². The van der Waals surface area contributed by atoms with Gasteiger partial charge in [0.1, 0.15) is 16.5 Å². The summed E-state index contributed by atoms with van der Waals surface area (Å²) in [5, 5.41) is -0.316. The second kappa shape index (κ2) is 6.25. The molecule has 7 nitrogen and oxygen atoms in total. The number of rotatable bonds is 5. The maximum absolute atomic E-state index is 13.5. The quantitative estimate of drug-likeness (QED) is 0.751. The lowest BCUT2D eigenvalue weighted by Crippen LogP contribution is -2.51. The predicted octanol–water partition coefficient (Wildman–Crippen LogP) is 0.633. The average molecular weight is 378 g/mol.